The van der Waals surface area contributed by atoms with Gasteiger partial charge in [0, 0.05) is 19.8 Å². The third-order valence-electron chi connectivity index (χ3n) is 3.69. The molecule has 0 spiro atoms. The molecular formula is C17H20N2O3S2. The number of thiocarbonyl (C=S) groups is 1. The fourth-order valence-corrected chi connectivity index (χ4v) is 3.76. The second kappa shape index (κ2) is 7.36. The average Bonchev–Trinajstić information content (AvgIpc) is 2.75. The lowest BCUT2D eigenvalue weighted by Crippen LogP contribution is -2.47. The summed E-state index contributed by atoms with van der Waals surface area (Å²) in [7, 11) is 3.91. The molecule has 1 aromatic rings. The number of hydrogen-bond acceptors (Lipinski definition) is 5. The lowest BCUT2D eigenvalue weighted by Gasteiger charge is -2.26. The zero-order valence-electron chi connectivity index (χ0n) is 14.0. The van der Waals surface area contributed by atoms with Crippen molar-refractivity contribution in [2.75, 3.05) is 19.0 Å². The quantitative estimate of drug-likeness (QED) is 0.640. The summed E-state index contributed by atoms with van der Waals surface area (Å²) in [5.41, 5.74) is 1.93. The Hall–Kier alpha value is -1.86. The predicted molar refractivity (Wildman–Crippen MR) is 102 cm³/mol. The number of carboxylic acid groups (broad SMARTS) is 1. The SMILES string of the molecule is CC(C)C(C(=O)O)N1C(=O)/C(=C\c2ccc(N(C)C)cc2)SC1=S. The molecule has 7 heteroatoms. The molecular weight excluding hydrogens is 344 g/mol. The maximum atomic E-state index is 12.6. The molecule has 0 aromatic heterocycles. The Kier molecular flexibility index (Phi) is 5.66. The smallest absolute Gasteiger partial charge is 0.327 e. The molecule has 1 amide bonds. The molecule has 24 heavy (non-hydrogen) atoms. The van der Waals surface area contributed by atoms with Crippen molar-refractivity contribution in [3.8, 4) is 0 Å². The number of carboxylic acids is 1. The van der Waals surface area contributed by atoms with E-state index in [1.165, 1.54) is 4.90 Å². The van der Waals surface area contributed by atoms with Crippen LogP contribution >= 0.6 is 24.0 Å². The van der Waals surface area contributed by atoms with Gasteiger partial charge in [0.15, 0.2) is 0 Å². The van der Waals surface area contributed by atoms with Crippen molar-refractivity contribution in [2.45, 2.75) is 19.9 Å². The summed E-state index contributed by atoms with van der Waals surface area (Å²) in [6, 6.07) is 6.80. The summed E-state index contributed by atoms with van der Waals surface area (Å²) < 4.78 is 0.289. The molecule has 1 aliphatic rings. The molecule has 1 aliphatic heterocycles. The van der Waals surface area contributed by atoms with E-state index >= 15 is 0 Å². The van der Waals surface area contributed by atoms with Crippen LogP contribution in [0.15, 0.2) is 29.2 Å². The zero-order chi connectivity index (χ0) is 18.0. The van der Waals surface area contributed by atoms with Gasteiger partial charge in [0.1, 0.15) is 10.4 Å². The third kappa shape index (κ3) is 3.79. The molecule has 0 saturated carbocycles. The second-order valence-electron chi connectivity index (χ2n) is 6.06. The zero-order valence-corrected chi connectivity index (χ0v) is 15.6. The lowest BCUT2D eigenvalue weighted by molar-refractivity contribution is -0.146. The highest BCUT2D eigenvalue weighted by molar-refractivity contribution is 8.26. The molecule has 1 atom stereocenters. The summed E-state index contributed by atoms with van der Waals surface area (Å²) in [4.78, 5) is 27.8. The maximum absolute atomic E-state index is 12.6. The number of thioether (sulfide) groups is 1. The highest BCUT2D eigenvalue weighted by Crippen LogP contribution is 2.35. The molecule has 0 aliphatic carbocycles. The van der Waals surface area contributed by atoms with E-state index in [4.69, 9.17) is 12.2 Å². The molecule has 1 aromatic carbocycles. The van der Waals surface area contributed by atoms with Gasteiger partial charge in [-0.2, -0.15) is 0 Å². The van der Waals surface area contributed by atoms with Gasteiger partial charge in [-0.3, -0.25) is 9.69 Å². The standard InChI is InChI=1S/C17H20N2O3S2/c1-10(2)14(16(21)22)19-15(20)13(24-17(19)23)9-11-5-7-12(8-6-11)18(3)4/h5-10,14H,1-4H3,(H,21,22)/b13-9+. The predicted octanol–water partition coefficient (Wildman–Crippen LogP) is 3.06. The van der Waals surface area contributed by atoms with Crippen LogP contribution < -0.4 is 4.90 Å². The normalized spacial score (nSPS) is 17.7. The number of rotatable bonds is 5. The summed E-state index contributed by atoms with van der Waals surface area (Å²) in [6.07, 6.45) is 1.75. The van der Waals surface area contributed by atoms with E-state index in [0.717, 1.165) is 23.0 Å². The Bertz CT molecular complexity index is 696. The van der Waals surface area contributed by atoms with Crippen molar-refractivity contribution in [2.24, 2.45) is 5.92 Å². The van der Waals surface area contributed by atoms with Crippen molar-refractivity contribution in [1.29, 1.82) is 0 Å². The number of amides is 1. The number of aliphatic carboxylic acids is 1. The molecule has 0 radical (unpaired) electrons. The molecule has 1 N–H and O–H groups in total. The first kappa shape index (κ1) is 18.5. The van der Waals surface area contributed by atoms with E-state index in [2.05, 4.69) is 0 Å². The van der Waals surface area contributed by atoms with Crippen LogP contribution in [0.4, 0.5) is 5.69 Å². The van der Waals surface area contributed by atoms with Gasteiger partial charge in [-0.15, -0.1) is 0 Å². The van der Waals surface area contributed by atoms with E-state index in [9.17, 15) is 14.7 Å². The summed E-state index contributed by atoms with van der Waals surface area (Å²) in [6.45, 7) is 3.53. The Morgan fingerprint density at radius 1 is 1.29 bits per heavy atom. The third-order valence-corrected chi connectivity index (χ3v) is 5.02. The molecule has 128 valence electrons. The molecule has 0 bridgehead atoms. The highest BCUT2D eigenvalue weighted by Gasteiger charge is 2.41. The van der Waals surface area contributed by atoms with Gasteiger partial charge in [0.05, 0.1) is 4.91 Å². The Morgan fingerprint density at radius 3 is 2.33 bits per heavy atom. The fraction of sp³-hybridized carbons (Fsp3) is 0.353. The summed E-state index contributed by atoms with van der Waals surface area (Å²) in [5, 5.41) is 9.41. The van der Waals surface area contributed by atoms with Crippen LogP contribution in [0.25, 0.3) is 6.08 Å². The minimum atomic E-state index is -1.04. The van der Waals surface area contributed by atoms with Crippen LogP contribution in [-0.4, -0.2) is 46.3 Å². The van der Waals surface area contributed by atoms with Crippen LogP contribution in [0, 0.1) is 5.92 Å². The second-order valence-corrected chi connectivity index (χ2v) is 7.74. The number of nitrogens with zero attached hydrogens (tertiary/aromatic N) is 2. The molecule has 1 fully saturated rings. The fourth-order valence-electron chi connectivity index (χ4n) is 2.43. The molecule has 1 heterocycles. The average molecular weight is 364 g/mol. The number of anilines is 1. The van der Waals surface area contributed by atoms with Crippen LogP contribution in [-0.2, 0) is 9.59 Å². The van der Waals surface area contributed by atoms with Crippen molar-refractivity contribution in [3.63, 3.8) is 0 Å². The van der Waals surface area contributed by atoms with Crippen LogP contribution in [0.1, 0.15) is 19.4 Å². The first-order valence-electron chi connectivity index (χ1n) is 7.49. The van der Waals surface area contributed by atoms with Crippen molar-refractivity contribution in [3.05, 3.63) is 34.7 Å². The van der Waals surface area contributed by atoms with Gasteiger partial charge >= 0.3 is 5.97 Å². The van der Waals surface area contributed by atoms with E-state index in [-0.39, 0.29) is 16.1 Å². The first-order valence-corrected chi connectivity index (χ1v) is 8.72. The summed E-state index contributed by atoms with van der Waals surface area (Å²) in [5.74, 6) is -1.62. The first-order chi connectivity index (χ1) is 11.2. The largest absolute Gasteiger partial charge is 0.480 e. The topological polar surface area (TPSA) is 60.9 Å². The number of carbonyl (C=O) groups is 2. The van der Waals surface area contributed by atoms with Crippen LogP contribution in [0.2, 0.25) is 0 Å². The minimum Gasteiger partial charge on any atom is -0.480 e. The van der Waals surface area contributed by atoms with Gasteiger partial charge in [-0.25, -0.2) is 4.79 Å². The van der Waals surface area contributed by atoms with Gasteiger partial charge in [-0.05, 0) is 29.7 Å². The van der Waals surface area contributed by atoms with E-state index < -0.39 is 12.0 Å². The van der Waals surface area contributed by atoms with Gasteiger partial charge in [-0.1, -0.05) is 50.0 Å². The minimum absolute atomic E-state index is 0.233. The van der Waals surface area contributed by atoms with Gasteiger partial charge in [0.25, 0.3) is 5.91 Å². The van der Waals surface area contributed by atoms with Gasteiger partial charge in [0.2, 0.25) is 0 Å². The number of carbonyl (C=O) groups excluding carboxylic acids is 1. The van der Waals surface area contributed by atoms with E-state index in [0.29, 0.717) is 4.91 Å². The Balaban J connectivity index is 2.29. The Morgan fingerprint density at radius 2 is 1.88 bits per heavy atom. The van der Waals surface area contributed by atoms with Crippen LogP contribution in [0.5, 0.6) is 0 Å². The van der Waals surface area contributed by atoms with Crippen molar-refractivity contribution >= 4 is 51.9 Å². The maximum Gasteiger partial charge on any atom is 0.327 e. The van der Waals surface area contributed by atoms with Crippen molar-refractivity contribution in [1.82, 2.24) is 4.90 Å². The summed E-state index contributed by atoms with van der Waals surface area (Å²) >= 11 is 6.38. The lowest BCUT2D eigenvalue weighted by atomic mass is 10.0. The van der Waals surface area contributed by atoms with Gasteiger partial charge < -0.3 is 10.0 Å². The monoisotopic (exact) mass is 364 g/mol. The Labute approximate surface area is 151 Å². The number of benzene rings is 1. The number of hydrogen-bond donors (Lipinski definition) is 1. The van der Waals surface area contributed by atoms with E-state index in [1.807, 2.05) is 43.3 Å². The molecule has 1 saturated heterocycles. The van der Waals surface area contributed by atoms with Crippen LogP contribution in [0.3, 0.4) is 0 Å². The van der Waals surface area contributed by atoms with E-state index in [1.54, 1.807) is 19.9 Å². The molecule has 1 unspecified atom stereocenters. The highest BCUT2D eigenvalue weighted by atomic mass is 32.2. The van der Waals surface area contributed by atoms with Crippen molar-refractivity contribution < 1.29 is 14.7 Å². The molecule has 2 rings (SSSR count). The molecule has 5 nitrogen and oxygen atoms in total.